The molecule has 1 aliphatic heterocycles. The summed E-state index contributed by atoms with van der Waals surface area (Å²) in [4.78, 5) is 25.4. The zero-order valence-electron chi connectivity index (χ0n) is 9.87. The van der Waals surface area contributed by atoms with Gasteiger partial charge in [0.15, 0.2) is 0 Å². The van der Waals surface area contributed by atoms with Crippen LogP contribution in [0.4, 0.5) is 10.5 Å². The molecule has 6 nitrogen and oxygen atoms in total. The molecule has 0 unspecified atom stereocenters. The lowest BCUT2D eigenvalue weighted by Gasteiger charge is -2.35. The molecule has 0 aliphatic carbocycles. The van der Waals surface area contributed by atoms with Crippen LogP contribution in [0.5, 0.6) is 0 Å². The Morgan fingerprint density at radius 2 is 1.61 bits per heavy atom. The number of rotatable bonds is 2. The van der Waals surface area contributed by atoms with Gasteiger partial charge < -0.3 is 20.6 Å². The average Bonchev–Trinajstić information content (AvgIpc) is 2.39. The lowest BCUT2D eigenvalue weighted by Crippen LogP contribution is -2.50. The number of benzene rings is 1. The van der Waals surface area contributed by atoms with E-state index < -0.39 is 12.0 Å². The van der Waals surface area contributed by atoms with Crippen LogP contribution < -0.4 is 10.6 Å². The summed E-state index contributed by atoms with van der Waals surface area (Å²) in [5.74, 6) is -0.930. The van der Waals surface area contributed by atoms with E-state index in [1.807, 2.05) is 0 Å². The first-order valence-corrected chi connectivity index (χ1v) is 5.70. The van der Waals surface area contributed by atoms with Crippen molar-refractivity contribution >= 4 is 17.7 Å². The zero-order valence-corrected chi connectivity index (χ0v) is 9.87. The summed E-state index contributed by atoms with van der Waals surface area (Å²) in [5, 5.41) is 8.81. The minimum Gasteiger partial charge on any atom is -0.478 e. The largest absolute Gasteiger partial charge is 0.478 e. The number of piperazine rings is 1. The van der Waals surface area contributed by atoms with Crippen LogP contribution in [0.3, 0.4) is 0 Å². The summed E-state index contributed by atoms with van der Waals surface area (Å²) < 4.78 is 0. The van der Waals surface area contributed by atoms with Gasteiger partial charge >= 0.3 is 12.0 Å². The van der Waals surface area contributed by atoms with Gasteiger partial charge in [0.05, 0.1) is 5.56 Å². The molecule has 2 amide bonds. The normalized spacial score (nSPS) is 15.6. The number of hydrogen-bond acceptors (Lipinski definition) is 3. The molecular formula is C12H15N3O3. The van der Waals surface area contributed by atoms with E-state index in [1.54, 1.807) is 29.2 Å². The fourth-order valence-corrected chi connectivity index (χ4v) is 2.00. The predicted molar refractivity (Wildman–Crippen MR) is 66.8 cm³/mol. The van der Waals surface area contributed by atoms with Crippen molar-refractivity contribution < 1.29 is 14.7 Å². The van der Waals surface area contributed by atoms with Crippen molar-refractivity contribution in [3.63, 3.8) is 0 Å². The molecule has 1 aromatic rings. The number of urea groups is 1. The van der Waals surface area contributed by atoms with Gasteiger partial charge in [-0.15, -0.1) is 0 Å². The SMILES string of the molecule is NC(=O)N1CCN(c2ccc(C(=O)O)cc2)CC1. The Balaban J connectivity index is 2.01. The highest BCUT2D eigenvalue weighted by Crippen LogP contribution is 2.17. The molecule has 1 fully saturated rings. The van der Waals surface area contributed by atoms with Crippen LogP contribution in [0.25, 0.3) is 0 Å². The number of hydrogen-bond donors (Lipinski definition) is 2. The first-order valence-electron chi connectivity index (χ1n) is 5.70. The van der Waals surface area contributed by atoms with Gasteiger partial charge in [0, 0.05) is 31.9 Å². The standard InChI is InChI=1S/C12H15N3O3/c13-12(18)15-7-5-14(6-8-15)10-3-1-9(2-4-10)11(16)17/h1-4H,5-8H2,(H2,13,18)(H,16,17). The number of carboxylic acid groups (broad SMARTS) is 1. The monoisotopic (exact) mass is 249 g/mol. The minimum atomic E-state index is -0.930. The number of nitrogens with two attached hydrogens (primary N) is 1. The molecule has 0 atom stereocenters. The smallest absolute Gasteiger partial charge is 0.335 e. The summed E-state index contributed by atoms with van der Waals surface area (Å²) in [6.45, 7) is 2.59. The molecule has 1 heterocycles. The molecule has 18 heavy (non-hydrogen) atoms. The van der Waals surface area contributed by atoms with Gasteiger partial charge in [0.1, 0.15) is 0 Å². The Hall–Kier alpha value is -2.24. The van der Waals surface area contributed by atoms with Gasteiger partial charge in [0.2, 0.25) is 0 Å². The van der Waals surface area contributed by atoms with E-state index in [9.17, 15) is 9.59 Å². The Bertz CT molecular complexity index is 450. The second-order valence-electron chi connectivity index (χ2n) is 4.16. The van der Waals surface area contributed by atoms with E-state index in [4.69, 9.17) is 10.8 Å². The quantitative estimate of drug-likeness (QED) is 0.803. The minimum absolute atomic E-state index is 0.273. The van der Waals surface area contributed by atoms with Gasteiger partial charge in [-0.05, 0) is 24.3 Å². The Kier molecular flexibility index (Phi) is 3.36. The summed E-state index contributed by atoms with van der Waals surface area (Å²) in [7, 11) is 0. The fourth-order valence-electron chi connectivity index (χ4n) is 2.00. The molecule has 1 saturated heterocycles. The second-order valence-corrected chi connectivity index (χ2v) is 4.16. The molecule has 3 N–H and O–H groups in total. The van der Waals surface area contributed by atoms with Crippen molar-refractivity contribution in [2.75, 3.05) is 31.1 Å². The van der Waals surface area contributed by atoms with Crippen molar-refractivity contribution in [1.82, 2.24) is 4.90 Å². The van der Waals surface area contributed by atoms with Crippen LogP contribution in [-0.2, 0) is 0 Å². The molecule has 0 radical (unpaired) electrons. The molecule has 0 aromatic heterocycles. The van der Waals surface area contributed by atoms with Crippen LogP contribution in [0.15, 0.2) is 24.3 Å². The van der Waals surface area contributed by atoms with E-state index in [0.717, 1.165) is 5.69 Å². The average molecular weight is 249 g/mol. The third-order valence-electron chi connectivity index (χ3n) is 3.07. The maximum atomic E-state index is 11.0. The Labute approximate surface area is 105 Å². The third kappa shape index (κ3) is 2.53. The van der Waals surface area contributed by atoms with Crippen LogP contribution in [0.2, 0.25) is 0 Å². The van der Waals surface area contributed by atoms with Gasteiger partial charge in [0.25, 0.3) is 0 Å². The number of carboxylic acids is 1. The highest BCUT2D eigenvalue weighted by Gasteiger charge is 2.19. The van der Waals surface area contributed by atoms with Crippen LogP contribution in [0, 0.1) is 0 Å². The van der Waals surface area contributed by atoms with Gasteiger partial charge in [-0.2, -0.15) is 0 Å². The number of amides is 2. The van der Waals surface area contributed by atoms with E-state index in [1.165, 1.54) is 0 Å². The third-order valence-corrected chi connectivity index (χ3v) is 3.07. The van der Waals surface area contributed by atoms with E-state index >= 15 is 0 Å². The first kappa shape index (κ1) is 12.2. The molecule has 0 saturated carbocycles. The number of aromatic carboxylic acids is 1. The summed E-state index contributed by atoms with van der Waals surface area (Å²) >= 11 is 0. The van der Waals surface area contributed by atoms with E-state index in [2.05, 4.69) is 4.90 Å². The van der Waals surface area contributed by atoms with Crippen LogP contribution in [-0.4, -0.2) is 48.2 Å². The number of carbonyl (C=O) groups is 2. The molecular weight excluding hydrogens is 234 g/mol. The summed E-state index contributed by atoms with van der Waals surface area (Å²) in [5.41, 5.74) is 6.44. The van der Waals surface area contributed by atoms with Gasteiger partial charge in [-0.1, -0.05) is 0 Å². The number of anilines is 1. The van der Waals surface area contributed by atoms with Crippen molar-refractivity contribution in [2.45, 2.75) is 0 Å². The van der Waals surface area contributed by atoms with Crippen molar-refractivity contribution in [3.05, 3.63) is 29.8 Å². The number of nitrogens with zero attached hydrogens (tertiary/aromatic N) is 2. The van der Waals surface area contributed by atoms with Gasteiger partial charge in [-0.25, -0.2) is 9.59 Å². The topological polar surface area (TPSA) is 86.9 Å². The summed E-state index contributed by atoms with van der Waals surface area (Å²) in [6.07, 6.45) is 0. The Morgan fingerprint density at radius 1 is 1.06 bits per heavy atom. The number of carbonyl (C=O) groups excluding carboxylic acids is 1. The maximum absolute atomic E-state index is 11.0. The van der Waals surface area contributed by atoms with Crippen molar-refractivity contribution in [2.24, 2.45) is 5.73 Å². The molecule has 1 aliphatic rings. The maximum Gasteiger partial charge on any atom is 0.335 e. The van der Waals surface area contributed by atoms with Crippen LogP contribution in [0.1, 0.15) is 10.4 Å². The first-order chi connectivity index (χ1) is 8.58. The van der Waals surface area contributed by atoms with E-state index in [0.29, 0.717) is 26.2 Å². The highest BCUT2D eigenvalue weighted by atomic mass is 16.4. The van der Waals surface area contributed by atoms with Gasteiger partial charge in [-0.3, -0.25) is 0 Å². The molecule has 0 bridgehead atoms. The highest BCUT2D eigenvalue weighted by molar-refractivity contribution is 5.88. The van der Waals surface area contributed by atoms with Crippen molar-refractivity contribution in [1.29, 1.82) is 0 Å². The van der Waals surface area contributed by atoms with Crippen LogP contribution >= 0.6 is 0 Å². The molecule has 6 heteroatoms. The molecule has 0 spiro atoms. The zero-order chi connectivity index (χ0) is 13.1. The lowest BCUT2D eigenvalue weighted by atomic mass is 10.2. The Morgan fingerprint density at radius 3 is 2.06 bits per heavy atom. The lowest BCUT2D eigenvalue weighted by molar-refractivity contribution is 0.0697. The second kappa shape index (κ2) is 4.95. The van der Waals surface area contributed by atoms with Crippen molar-refractivity contribution in [3.8, 4) is 0 Å². The fraction of sp³-hybridized carbons (Fsp3) is 0.333. The summed E-state index contributed by atoms with van der Waals surface area (Å²) in [6, 6.07) is 6.33. The predicted octanol–water partition coefficient (Wildman–Crippen LogP) is 0.585. The van der Waals surface area contributed by atoms with E-state index in [-0.39, 0.29) is 5.56 Å². The molecule has 1 aromatic carbocycles. The number of primary amides is 1. The molecule has 2 rings (SSSR count). The molecule has 96 valence electrons.